The van der Waals surface area contributed by atoms with E-state index in [1.165, 1.54) is 11.8 Å². The third kappa shape index (κ3) is 3.49. The van der Waals surface area contributed by atoms with Crippen LogP contribution >= 0.6 is 11.8 Å². The lowest BCUT2D eigenvalue weighted by atomic mass is 10.2. The quantitative estimate of drug-likeness (QED) is 0.603. The molecular weight excluding hydrogens is 368 g/mol. The average molecular weight is 391 g/mol. The third-order valence-electron chi connectivity index (χ3n) is 4.08. The molecule has 0 atom stereocenters. The highest BCUT2D eigenvalue weighted by Gasteiger charge is 2.29. The Hall–Kier alpha value is -1.90. The fraction of sp³-hybridized carbons (Fsp3) is 0.333. The van der Waals surface area contributed by atoms with Gasteiger partial charge in [0.15, 0.2) is 10.5 Å². The topological polar surface area (TPSA) is 67.6 Å². The number of benzene rings is 1. The Bertz CT molecular complexity index is 1030. The number of fused-ring (bicyclic) bond motifs is 1. The third-order valence-corrected chi connectivity index (χ3v) is 6.69. The van der Waals surface area contributed by atoms with E-state index in [1.807, 2.05) is 33.3 Å². The molecule has 0 amide bonds. The normalized spacial score (nSPS) is 12.2. The molecule has 0 saturated heterocycles. The molecule has 3 aromatic rings. The number of hydrogen-bond donors (Lipinski definition) is 0. The van der Waals surface area contributed by atoms with Gasteiger partial charge in [0.25, 0.3) is 0 Å². The van der Waals surface area contributed by atoms with Gasteiger partial charge in [-0.05, 0) is 45.5 Å². The van der Waals surface area contributed by atoms with Crippen LogP contribution in [0, 0.1) is 6.92 Å². The predicted molar refractivity (Wildman–Crippen MR) is 104 cm³/mol. The van der Waals surface area contributed by atoms with Crippen LogP contribution in [0.5, 0.6) is 0 Å². The highest BCUT2D eigenvalue weighted by atomic mass is 32.2. The molecule has 26 heavy (non-hydrogen) atoms. The van der Waals surface area contributed by atoms with E-state index in [4.69, 9.17) is 0 Å². The molecule has 1 aromatic carbocycles. The first-order chi connectivity index (χ1) is 12.3. The predicted octanol–water partition coefficient (Wildman–Crippen LogP) is 2.70. The van der Waals surface area contributed by atoms with E-state index in [0.717, 1.165) is 24.4 Å². The van der Waals surface area contributed by atoms with Crippen molar-refractivity contribution in [3.63, 3.8) is 0 Å². The fourth-order valence-corrected chi connectivity index (χ4v) is 5.16. The Morgan fingerprint density at radius 2 is 1.88 bits per heavy atom. The first kappa shape index (κ1) is 18.9. The van der Waals surface area contributed by atoms with Crippen molar-refractivity contribution >= 4 is 27.2 Å². The minimum absolute atomic E-state index is 0.186. The van der Waals surface area contributed by atoms with Gasteiger partial charge >= 0.3 is 0 Å². The van der Waals surface area contributed by atoms with Gasteiger partial charge in [0, 0.05) is 24.4 Å². The van der Waals surface area contributed by atoms with Crippen molar-refractivity contribution in [2.24, 2.45) is 0 Å². The molecule has 0 aliphatic carbocycles. The van der Waals surface area contributed by atoms with E-state index in [2.05, 4.69) is 15.0 Å². The summed E-state index contributed by atoms with van der Waals surface area (Å²) in [6.45, 7) is 2.76. The van der Waals surface area contributed by atoms with Gasteiger partial charge in [-0.2, -0.15) is 5.10 Å². The number of rotatable bonds is 6. The average Bonchev–Trinajstić information content (AvgIpc) is 3.00. The maximum Gasteiger partial charge on any atom is 0.213 e. The summed E-state index contributed by atoms with van der Waals surface area (Å²) in [6.07, 6.45) is 2.57. The van der Waals surface area contributed by atoms with Gasteiger partial charge in [0.05, 0.1) is 4.90 Å². The molecule has 0 unspecified atom stereocenters. The highest BCUT2D eigenvalue weighted by molar-refractivity contribution is 7.99. The summed E-state index contributed by atoms with van der Waals surface area (Å²) in [4.78, 5) is 7.16. The van der Waals surface area contributed by atoms with Gasteiger partial charge in [0.2, 0.25) is 9.84 Å². The Morgan fingerprint density at radius 1 is 1.19 bits per heavy atom. The molecule has 6 nitrogen and oxygen atoms in total. The smallest absolute Gasteiger partial charge is 0.213 e. The van der Waals surface area contributed by atoms with Gasteiger partial charge in [-0.3, -0.25) is 0 Å². The van der Waals surface area contributed by atoms with Gasteiger partial charge in [-0.25, -0.2) is 17.9 Å². The van der Waals surface area contributed by atoms with Crippen LogP contribution < -0.4 is 0 Å². The SMILES string of the molecule is CSc1nn2c(C)cc(CCN(C)C)nc2c1S(=O)(=O)c1ccccc1. The number of sulfone groups is 1. The summed E-state index contributed by atoms with van der Waals surface area (Å²) in [5, 5.41) is 4.95. The number of likely N-dealkylation sites (N-methyl/N-ethyl adjacent to an activating group) is 1. The summed E-state index contributed by atoms with van der Waals surface area (Å²) in [5.41, 5.74) is 2.13. The van der Waals surface area contributed by atoms with Crippen LogP contribution in [0.4, 0.5) is 0 Å². The summed E-state index contributed by atoms with van der Waals surface area (Å²) >= 11 is 1.32. The molecule has 0 radical (unpaired) electrons. The Labute approximate surface area is 158 Å². The zero-order chi connectivity index (χ0) is 18.9. The Kier molecular flexibility index (Phi) is 5.36. The van der Waals surface area contributed by atoms with E-state index in [1.54, 1.807) is 34.8 Å². The van der Waals surface area contributed by atoms with E-state index in [9.17, 15) is 8.42 Å². The molecular formula is C18H22N4O2S2. The van der Waals surface area contributed by atoms with E-state index < -0.39 is 9.84 Å². The second-order valence-electron chi connectivity index (χ2n) is 6.33. The molecule has 2 aromatic heterocycles. The van der Waals surface area contributed by atoms with Crippen molar-refractivity contribution in [2.75, 3.05) is 26.9 Å². The molecule has 0 fully saturated rings. The lowest BCUT2D eigenvalue weighted by molar-refractivity contribution is 0.411. The van der Waals surface area contributed by atoms with E-state index in [-0.39, 0.29) is 9.79 Å². The molecule has 0 spiro atoms. The standard InChI is InChI=1S/C18H22N4O2S2/c1-13-12-14(10-11-21(2)3)19-17-16(18(25-4)20-22(13)17)26(23,24)15-8-6-5-7-9-15/h5-9,12H,10-11H2,1-4H3. The zero-order valence-corrected chi connectivity index (χ0v) is 16.9. The van der Waals surface area contributed by atoms with E-state index >= 15 is 0 Å². The number of thioether (sulfide) groups is 1. The minimum Gasteiger partial charge on any atom is -0.309 e. The number of hydrogen-bond acceptors (Lipinski definition) is 6. The van der Waals surface area contributed by atoms with Gasteiger partial charge in [0.1, 0.15) is 5.03 Å². The lowest BCUT2D eigenvalue weighted by Crippen LogP contribution is -2.16. The summed E-state index contributed by atoms with van der Waals surface area (Å²) in [7, 11) is 0.296. The van der Waals surface area contributed by atoms with Gasteiger partial charge in [-0.1, -0.05) is 18.2 Å². The van der Waals surface area contributed by atoms with Crippen LogP contribution in [0.15, 0.2) is 51.2 Å². The second kappa shape index (κ2) is 7.38. The van der Waals surface area contributed by atoms with Crippen LogP contribution in [-0.2, 0) is 16.3 Å². The second-order valence-corrected chi connectivity index (χ2v) is 9.01. The molecule has 0 aliphatic heterocycles. The molecule has 8 heteroatoms. The van der Waals surface area contributed by atoms with Crippen LogP contribution in [-0.4, -0.2) is 54.8 Å². The summed E-state index contributed by atoms with van der Waals surface area (Å²) < 4.78 is 28.2. The maximum atomic E-state index is 13.3. The van der Waals surface area contributed by atoms with Crippen molar-refractivity contribution in [1.82, 2.24) is 19.5 Å². The maximum absolute atomic E-state index is 13.3. The van der Waals surface area contributed by atoms with E-state index in [0.29, 0.717) is 10.7 Å². The Balaban J connectivity index is 2.23. The first-order valence-corrected chi connectivity index (χ1v) is 10.9. The van der Waals surface area contributed by atoms with Crippen LogP contribution in [0.25, 0.3) is 5.65 Å². The van der Waals surface area contributed by atoms with Gasteiger partial charge in [-0.15, -0.1) is 11.8 Å². The highest BCUT2D eigenvalue weighted by Crippen LogP contribution is 2.32. The molecule has 0 N–H and O–H groups in total. The van der Waals surface area contributed by atoms with Crippen LogP contribution in [0.2, 0.25) is 0 Å². The van der Waals surface area contributed by atoms with Crippen LogP contribution in [0.3, 0.4) is 0 Å². The largest absolute Gasteiger partial charge is 0.309 e. The van der Waals surface area contributed by atoms with Crippen molar-refractivity contribution in [3.8, 4) is 0 Å². The van der Waals surface area contributed by atoms with Crippen molar-refractivity contribution in [1.29, 1.82) is 0 Å². The molecule has 3 rings (SSSR count). The van der Waals surface area contributed by atoms with Gasteiger partial charge < -0.3 is 4.90 Å². The number of nitrogens with zero attached hydrogens (tertiary/aromatic N) is 4. The zero-order valence-electron chi connectivity index (χ0n) is 15.3. The van der Waals surface area contributed by atoms with Crippen molar-refractivity contribution in [2.45, 2.75) is 28.2 Å². The molecule has 0 bridgehead atoms. The Morgan fingerprint density at radius 3 is 2.50 bits per heavy atom. The summed E-state index contributed by atoms with van der Waals surface area (Å²) in [6, 6.07) is 10.4. The van der Waals surface area contributed by atoms with Crippen molar-refractivity contribution in [3.05, 3.63) is 47.8 Å². The van der Waals surface area contributed by atoms with Crippen molar-refractivity contribution < 1.29 is 8.42 Å². The fourth-order valence-electron chi connectivity index (χ4n) is 2.74. The lowest BCUT2D eigenvalue weighted by Gasteiger charge is -2.10. The number of aryl methyl sites for hydroxylation is 1. The monoisotopic (exact) mass is 390 g/mol. The minimum atomic E-state index is -3.71. The van der Waals surface area contributed by atoms with Crippen LogP contribution in [0.1, 0.15) is 11.4 Å². The molecule has 138 valence electrons. The first-order valence-electron chi connectivity index (χ1n) is 8.22. The molecule has 0 saturated carbocycles. The summed E-state index contributed by atoms with van der Waals surface area (Å²) in [5.74, 6) is 0. The number of aromatic nitrogens is 3. The molecule has 2 heterocycles. The molecule has 0 aliphatic rings.